The maximum Gasteiger partial charge on any atom is 0.320 e. The van der Waals surface area contributed by atoms with Crippen LogP contribution in [0.2, 0.25) is 0 Å². The van der Waals surface area contributed by atoms with Gasteiger partial charge in [-0.15, -0.1) is 0 Å². The molecule has 0 saturated heterocycles. The van der Waals surface area contributed by atoms with Crippen LogP contribution in [0.25, 0.3) is 0 Å². The van der Waals surface area contributed by atoms with Gasteiger partial charge in [-0.1, -0.05) is 6.42 Å². The molecule has 1 heterocycles. The number of carbonyl (C=O) groups excluding carboxylic acids is 1. The lowest BCUT2D eigenvalue weighted by molar-refractivity contribution is 0.133. The summed E-state index contributed by atoms with van der Waals surface area (Å²) in [5.41, 5.74) is 0.895. The summed E-state index contributed by atoms with van der Waals surface area (Å²) in [7, 11) is 0. The third-order valence-corrected chi connectivity index (χ3v) is 3.80. The smallest absolute Gasteiger partial charge is 0.320 e. The number of carbonyl (C=O) groups is 1. The number of aliphatic hydroxyl groups excluding tert-OH is 1. The third-order valence-electron chi connectivity index (χ3n) is 3.80. The van der Waals surface area contributed by atoms with Gasteiger partial charge in [0.05, 0.1) is 25.1 Å². The van der Waals surface area contributed by atoms with Gasteiger partial charge in [-0.3, -0.25) is 10.00 Å². The predicted octanol–water partition coefficient (Wildman–Crippen LogP) is 1.39. The average molecular weight is 291 g/mol. The summed E-state index contributed by atoms with van der Waals surface area (Å²) in [5, 5.41) is 27.9. The number of rotatable bonds is 5. The summed E-state index contributed by atoms with van der Waals surface area (Å²) in [6.45, 7) is 2.86. The minimum absolute atomic E-state index is 0.144. The number of anilines is 1. The molecule has 2 atom stereocenters. The maximum atomic E-state index is 11.8. The van der Waals surface area contributed by atoms with Gasteiger partial charge in [0.2, 0.25) is 0 Å². The van der Waals surface area contributed by atoms with Crippen molar-refractivity contribution in [2.45, 2.75) is 45.3 Å². The zero-order valence-electron chi connectivity index (χ0n) is 12.2. The van der Waals surface area contributed by atoms with E-state index < -0.39 is 0 Å². The Bertz CT molecular complexity index is 534. The number of nitrogens with zero attached hydrogens (tertiary/aromatic N) is 3. The molecule has 0 aliphatic heterocycles. The Hall–Kier alpha value is -2.07. The number of aryl methyl sites for hydroxylation is 2. The van der Waals surface area contributed by atoms with Crippen LogP contribution < -0.4 is 10.6 Å². The fourth-order valence-electron chi connectivity index (χ4n) is 2.59. The lowest BCUT2D eigenvalue weighted by Crippen LogP contribution is -2.35. The first-order chi connectivity index (χ1) is 10.1. The van der Waals surface area contributed by atoms with Crippen LogP contribution in [0.15, 0.2) is 6.07 Å². The molecule has 3 N–H and O–H groups in total. The van der Waals surface area contributed by atoms with Crippen molar-refractivity contribution in [3.63, 3.8) is 0 Å². The van der Waals surface area contributed by atoms with Gasteiger partial charge < -0.3 is 10.4 Å². The summed E-state index contributed by atoms with van der Waals surface area (Å²) in [6, 6.07) is 3.51. The predicted molar refractivity (Wildman–Crippen MR) is 77.6 cm³/mol. The van der Waals surface area contributed by atoms with Crippen LogP contribution >= 0.6 is 0 Å². The standard InChI is InChI=1S/C14H21N5O2/c1-10-8-13(18-19(10)7-3-6-15)17-14(21)16-9-11-4-2-5-12(11)20/h8,11-12,20H,2-5,7,9H2,1H3,(H2,16,17,18,21)/t11-,12+/m0/s1. The molecular formula is C14H21N5O2. The molecule has 2 rings (SSSR count). The first kappa shape index (κ1) is 15.3. The number of nitriles is 1. The van der Waals surface area contributed by atoms with E-state index in [0.717, 1.165) is 25.0 Å². The molecule has 1 aromatic rings. The van der Waals surface area contributed by atoms with Gasteiger partial charge in [-0.05, 0) is 19.8 Å². The number of nitrogens with one attached hydrogen (secondary N) is 2. The van der Waals surface area contributed by atoms with Gasteiger partial charge in [0, 0.05) is 24.2 Å². The first-order valence-corrected chi connectivity index (χ1v) is 7.24. The van der Waals surface area contributed by atoms with Crippen molar-refractivity contribution >= 4 is 11.8 Å². The van der Waals surface area contributed by atoms with Gasteiger partial charge in [-0.2, -0.15) is 10.4 Å². The molecule has 0 bridgehead atoms. The van der Waals surface area contributed by atoms with E-state index in [1.54, 1.807) is 10.7 Å². The lowest BCUT2D eigenvalue weighted by Gasteiger charge is -2.14. The Kier molecular flexibility index (Phi) is 5.17. The van der Waals surface area contributed by atoms with Gasteiger partial charge in [-0.25, -0.2) is 4.79 Å². The zero-order chi connectivity index (χ0) is 15.2. The van der Waals surface area contributed by atoms with Gasteiger partial charge >= 0.3 is 6.03 Å². The second kappa shape index (κ2) is 7.09. The molecule has 1 aromatic heterocycles. The molecule has 114 valence electrons. The zero-order valence-corrected chi connectivity index (χ0v) is 12.2. The Labute approximate surface area is 123 Å². The molecule has 2 amide bonds. The summed E-state index contributed by atoms with van der Waals surface area (Å²) < 4.78 is 1.69. The van der Waals surface area contributed by atoms with Gasteiger partial charge in [0.1, 0.15) is 0 Å². The highest BCUT2D eigenvalue weighted by molar-refractivity contribution is 5.88. The van der Waals surface area contributed by atoms with Gasteiger partial charge in [0.15, 0.2) is 5.82 Å². The van der Waals surface area contributed by atoms with Crippen molar-refractivity contribution in [2.75, 3.05) is 11.9 Å². The van der Waals surface area contributed by atoms with E-state index in [-0.39, 0.29) is 18.1 Å². The minimum Gasteiger partial charge on any atom is -0.393 e. The molecule has 1 saturated carbocycles. The normalized spacial score (nSPS) is 21.0. The molecule has 1 fully saturated rings. The van der Waals surface area contributed by atoms with Crippen molar-refractivity contribution in [3.8, 4) is 6.07 Å². The number of aliphatic hydroxyl groups is 1. The quantitative estimate of drug-likeness (QED) is 0.762. The van der Waals surface area contributed by atoms with Crippen LogP contribution in [-0.2, 0) is 6.54 Å². The summed E-state index contributed by atoms with van der Waals surface area (Å²) in [6.07, 6.45) is 2.85. The van der Waals surface area contributed by atoms with E-state index in [0.29, 0.717) is 25.3 Å². The molecule has 1 aliphatic carbocycles. The van der Waals surface area contributed by atoms with Crippen LogP contribution in [0.1, 0.15) is 31.4 Å². The van der Waals surface area contributed by atoms with Crippen LogP contribution in [0.3, 0.4) is 0 Å². The number of amides is 2. The molecule has 0 radical (unpaired) electrons. The highest BCUT2D eigenvalue weighted by Gasteiger charge is 2.25. The van der Waals surface area contributed by atoms with Crippen molar-refractivity contribution < 1.29 is 9.90 Å². The van der Waals surface area contributed by atoms with E-state index in [9.17, 15) is 9.90 Å². The molecular weight excluding hydrogens is 270 g/mol. The monoisotopic (exact) mass is 291 g/mol. The highest BCUT2D eigenvalue weighted by Crippen LogP contribution is 2.24. The van der Waals surface area contributed by atoms with Crippen molar-refractivity contribution in [3.05, 3.63) is 11.8 Å². The first-order valence-electron chi connectivity index (χ1n) is 7.24. The van der Waals surface area contributed by atoms with E-state index in [2.05, 4.69) is 21.8 Å². The second-order valence-corrected chi connectivity index (χ2v) is 5.40. The molecule has 21 heavy (non-hydrogen) atoms. The highest BCUT2D eigenvalue weighted by atomic mass is 16.3. The number of urea groups is 1. The molecule has 7 nitrogen and oxygen atoms in total. The van der Waals surface area contributed by atoms with Crippen LogP contribution in [0.5, 0.6) is 0 Å². The fourth-order valence-corrected chi connectivity index (χ4v) is 2.59. The summed E-state index contributed by atoms with van der Waals surface area (Å²) >= 11 is 0. The molecule has 0 spiro atoms. The molecule has 1 aliphatic rings. The van der Waals surface area contributed by atoms with Crippen LogP contribution in [0, 0.1) is 24.2 Å². The van der Waals surface area contributed by atoms with Crippen molar-refractivity contribution in [1.29, 1.82) is 5.26 Å². The van der Waals surface area contributed by atoms with Crippen LogP contribution in [0.4, 0.5) is 10.6 Å². The Balaban J connectivity index is 1.81. The van der Waals surface area contributed by atoms with Crippen molar-refractivity contribution in [1.82, 2.24) is 15.1 Å². The van der Waals surface area contributed by atoms with E-state index in [4.69, 9.17) is 5.26 Å². The third kappa shape index (κ3) is 4.20. The SMILES string of the molecule is Cc1cc(NC(=O)NC[C@@H]2CCC[C@H]2O)nn1CCC#N. The molecule has 7 heteroatoms. The maximum absolute atomic E-state index is 11.8. The average Bonchev–Trinajstić information content (AvgIpc) is 3.00. The summed E-state index contributed by atoms with van der Waals surface area (Å²) in [5.74, 6) is 0.612. The molecule has 0 aromatic carbocycles. The second-order valence-electron chi connectivity index (χ2n) is 5.40. The number of hydrogen-bond acceptors (Lipinski definition) is 4. The Morgan fingerprint density at radius 3 is 3.10 bits per heavy atom. The Morgan fingerprint density at radius 1 is 1.62 bits per heavy atom. The van der Waals surface area contributed by atoms with Gasteiger partial charge in [0.25, 0.3) is 0 Å². The minimum atomic E-state index is -0.320. The Morgan fingerprint density at radius 2 is 2.43 bits per heavy atom. The summed E-state index contributed by atoms with van der Waals surface area (Å²) in [4.78, 5) is 11.8. The topological polar surface area (TPSA) is 103 Å². The van der Waals surface area contributed by atoms with Crippen molar-refractivity contribution in [2.24, 2.45) is 5.92 Å². The van der Waals surface area contributed by atoms with Crippen LogP contribution in [-0.4, -0.2) is 33.6 Å². The molecule has 0 unspecified atom stereocenters. The number of aromatic nitrogens is 2. The van der Waals surface area contributed by atoms with E-state index in [1.807, 2.05) is 6.92 Å². The van der Waals surface area contributed by atoms with E-state index >= 15 is 0 Å². The van der Waals surface area contributed by atoms with E-state index in [1.165, 1.54) is 0 Å². The number of hydrogen-bond donors (Lipinski definition) is 3. The largest absolute Gasteiger partial charge is 0.393 e. The fraction of sp³-hybridized carbons (Fsp3) is 0.643. The lowest BCUT2D eigenvalue weighted by atomic mass is 10.1.